The Bertz CT molecular complexity index is 692. The molecule has 5 nitrogen and oxygen atoms in total. The number of alkyl halides is 1. The van der Waals surface area contributed by atoms with E-state index < -0.39 is 17.1 Å². The summed E-state index contributed by atoms with van der Waals surface area (Å²) in [5.41, 5.74) is 1.01. The minimum atomic E-state index is -1.14. The van der Waals surface area contributed by atoms with Gasteiger partial charge in [-0.1, -0.05) is 96.1 Å². The lowest BCUT2D eigenvalue weighted by molar-refractivity contribution is -0.151. The van der Waals surface area contributed by atoms with Crippen LogP contribution in [0.2, 0.25) is 0 Å². The molecule has 0 heterocycles. The van der Waals surface area contributed by atoms with Crippen LogP contribution >= 0.6 is 11.6 Å². The predicted octanol–water partition coefficient (Wildman–Crippen LogP) is 7.13. The van der Waals surface area contributed by atoms with Crippen molar-refractivity contribution in [2.75, 3.05) is 12.4 Å². The third-order valence-corrected chi connectivity index (χ3v) is 6.04. The first kappa shape index (κ1) is 28.2. The van der Waals surface area contributed by atoms with Gasteiger partial charge in [-0.3, -0.25) is 9.59 Å². The SMILES string of the molecule is CCCCCCCCCCCCCCCC(=O)Nc1cccc(C(Cl)C(=O)C(=O)OC)c1. The summed E-state index contributed by atoms with van der Waals surface area (Å²) in [6.07, 6.45) is 17.0. The summed E-state index contributed by atoms with van der Waals surface area (Å²) in [5.74, 6) is -1.87. The number of nitrogens with one attached hydrogen (secondary N) is 1. The fourth-order valence-corrected chi connectivity index (χ4v) is 3.88. The first-order valence-electron chi connectivity index (χ1n) is 12.2. The predicted molar refractivity (Wildman–Crippen MR) is 131 cm³/mol. The fraction of sp³-hybridized carbons (Fsp3) is 0.654. The van der Waals surface area contributed by atoms with Crippen molar-refractivity contribution in [3.05, 3.63) is 29.8 Å². The molecule has 180 valence electrons. The van der Waals surface area contributed by atoms with Crippen LogP contribution in [-0.4, -0.2) is 24.8 Å². The highest BCUT2D eigenvalue weighted by atomic mass is 35.5. The third kappa shape index (κ3) is 12.2. The van der Waals surface area contributed by atoms with Crippen molar-refractivity contribution < 1.29 is 19.1 Å². The average molecular weight is 466 g/mol. The van der Waals surface area contributed by atoms with Gasteiger partial charge in [0.2, 0.25) is 5.91 Å². The molecule has 0 spiro atoms. The van der Waals surface area contributed by atoms with Gasteiger partial charge in [0.25, 0.3) is 5.78 Å². The number of benzene rings is 1. The summed E-state index contributed by atoms with van der Waals surface area (Å²) >= 11 is 6.07. The molecule has 1 N–H and O–H groups in total. The molecule has 32 heavy (non-hydrogen) atoms. The minimum absolute atomic E-state index is 0.0596. The number of carbonyl (C=O) groups is 3. The topological polar surface area (TPSA) is 72.5 Å². The number of amides is 1. The number of carbonyl (C=O) groups excluding carboxylic acids is 3. The van der Waals surface area contributed by atoms with E-state index in [4.69, 9.17) is 11.6 Å². The molecule has 0 aliphatic carbocycles. The van der Waals surface area contributed by atoms with E-state index in [9.17, 15) is 14.4 Å². The van der Waals surface area contributed by atoms with E-state index in [-0.39, 0.29) is 5.91 Å². The van der Waals surface area contributed by atoms with Gasteiger partial charge in [-0.15, -0.1) is 11.6 Å². The summed E-state index contributed by atoms with van der Waals surface area (Å²) in [5, 5.41) is 1.70. The Labute approximate surface area is 198 Å². The van der Waals surface area contributed by atoms with Crippen molar-refractivity contribution in [1.82, 2.24) is 0 Å². The molecule has 0 saturated heterocycles. The van der Waals surface area contributed by atoms with Crippen molar-refractivity contribution in [2.24, 2.45) is 0 Å². The standard InChI is InChI=1S/C26H40ClNO4/c1-3-4-5-6-7-8-9-10-11-12-13-14-15-19-23(29)28-22-18-16-17-21(20-22)24(27)25(30)26(31)32-2/h16-18,20,24H,3-15,19H2,1-2H3,(H,28,29). The Morgan fingerprint density at radius 2 is 1.41 bits per heavy atom. The van der Waals surface area contributed by atoms with Crippen LogP contribution in [0.5, 0.6) is 0 Å². The molecule has 1 rings (SSSR count). The number of ether oxygens (including phenoxy) is 1. The van der Waals surface area contributed by atoms with Gasteiger partial charge in [0.05, 0.1) is 7.11 Å². The highest BCUT2D eigenvalue weighted by Gasteiger charge is 2.25. The van der Waals surface area contributed by atoms with Crippen LogP contribution in [0.15, 0.2) is 24.3 Å². The molecule has 0 aromatic heterocycles. The van der Waals surface area contributed by atoms with Crippen molar-refractivity contribution in [3.63, 3.8) is 0 Å². The summed E-state index contributed by atoms with van der Waals surface area (Å²) in [7, 11) is 1.14. The van der Waals surface area contributed by atoms with Gasteiger partial charge in [-0.05, 0) is 24.1 Å². The molecule has 0 aliphatic rings. The molecule has 1 unspecified atom stereocenters. The van der Waals surface area contributed by atoms with E-state index in [2.05, 4.69) is 17.0 Å². The molecule has 0 aliphatic heterocycles. The zero-order chi connectivity index (χ0) is 23.6. The summed E-state index contributed by atoms with van der Waals surface area (Å²) in [6, 6.07) is 6.67. The number of halogens is 1. The van der Waals surface area contributed by atoms with E-state index in [1.165, 1.54) is 70.6 Å². The highest BCUT2D eigenvalue weighted by Crippen LogP contribution is 2.25. The van der Waals surface area contributed by atoms with Gasteiger partial charge in [0.1, 0.15) is 5.38 Å². The fourth-order valence-electron chi connectivity index (χ4n) is 3.66. The molecule has 1 amide bonds. The molecule has 0 bridgehead atoms. The summed E-state index contributed by atoms with van der Waals surface area (Å²) in [6.45, 7) is 2.25. The van der Waals surface area contributed by atoms with Crippen molar-refractivity contribution in [2.45, 2.75) is 102 Å². The van der Waals surface area contributed by atoms with Crippen LogP contribution in [0.3, 0.4) is 0 Å². The van der Waals surface area contributed by atoms with Gasteiger partial charge in [0.15, 0.2) is 0 Å². The second kappa shape index (κ2) is 17.6. The third-order valence-electron chi connectivity index (χ3n) is 5.59. The molecular weight excluding hydrogens is 426 g/mol. The smallest absolute Gasteiger partial charge is 0.376 e. The quantitative estimate of drug-likeness (QED) is 0.108. The van der Waals surface area contributed by atoms with Crippen LogP contribution in [0.4, 0.5) is 5.69 Å². The lowest BCUT2D eigenvalue weighted by Gasteiger charge is -2.10. The molecule has 6 heteroatoms. The van der Waals surface area contributed by atoms with Gasteiger partial charge in [-0.2, -0.15) is 0 Å². The Morgan fingerprint density at radius 3 is 1.94 bits per heavy atom. The number of rotatable bonds is 18. The largest absolute Gasteiger partial charge is 0.463 e. The number of hydrogen-bond acceptors (Lipinski definition) is 4. The van der Waals surface area contributed by atoms with E-state index in [0.29, 0.717) is 17.7 Å². The first-order valence-corrected chi connectivity index (χ1v) is 12.6. The number of esters is 1. The molecule has 1 atom stereocenters. The summed E-state index contributed by atoms with van der Waals surface area (Å²) in [4.78, 5) is 35.4. The Kier molecular flexibility index (Phi) is 15.5. The molecule has 0 saturated carbocycles. The Balaban J connectivity index is 2.15. The van der Waals surface area contributed by atoms with Crippen LogP contribution in [0.1, 0.15) is 108 Å². The lowest BCUT2D eigenvalue weighted by Crippen LogP contribution is -2.20. The number of hydrogen-bond donors (Lipinski definition) is 1. The van der Waals surface area contributed by atoms with E-state index >= 15 is 0 Å². The second-order valence-corrected chi connectivity index (χ2v) is 8.82. The molecule has 1 aromatic carbocycles. The zero-order valence-electron chi connectivity index (χ0n) is 19.8. The molecular formula is C26H40ClNO4. The van der Waals surface area contributed by atoms with Crippen LogP contribution in [0.25, 0.3) is 0 Å². The molecule has 0 fully saturated rings. The zero-order valence-corrected chi connectivity index (χ0v) is 20.6. The van der Waals surface area contributed by atoms with Gasteiger partial charge in [-0.25, -0.2) is 4.79 Å². The van der Waals surface area contributed by atoms with Gasteiger partial charge >= 0.3 is 5.97 Å². The van der Waals surface area contributed by atoms with Gasteiger partial charge < -0.3 is 10.1 Å². The maximum atomic E-state index is 12.2. The van der Waals surface area contributed by atoms with Crippen molar-refractivity contribution in [1.29, 1.82) is 0 Å². The highest BCUT2D eigenvalue weighted by molar-refractivity contribution is 6.47. The molecule has 1 aromatic rings. The maximum Gasteiger partial charge on any atom is 0.376 e. The number of anilines is 1. The van der Waals surface area contributed by atoms with E-state index in [0.717, 1.165) is 20.0 Å². The number of Topliss-reactive ketones (excluding diaryl/α,β-unsaturated/α-hetero) is 1. The number of unbranched alkanes of at least 4 members (excludes halogenated alkanes) is 12. The number of methoxy groups -OCH3 is 1. The van der Waals surface area contributed by atoms with Crippen LogP contribution in [0, 0.1) is 0 Å². The number of ketones is 1. The van der Waals surface area contributed by atoms with Crippen LogP contribution in [-0.2, 0) is 19.1 Å². The normalized spacial score (nSPS) is 11.7. The van der Waals surface area contributed by atoms with Gasteiger partial charge in [0, 0.05) is 12.1 Å². The second-order valence-electron chi connectivity index (χ2n) is 8.38. The summed E-state index contributed by atoms with van der Waals surface area (Å²) < 4.78 is 4.42. The van der Waals surface area contributed by atoms with Crippen LogP contribution < -0.4 is 5.32 Å². The van der Waals surface area contributed by atoms with Crippen molar-refractivity contribution in [3.8, 4) is 0 Å². The maximum absolute atomic E-state index is 12.2. The lowest BCUT2D eigenvalue weighted by atomic mass is 10.0. The Morgan fingerprint density at radius 1 is 0.875 bits per heavy atom. The van der Waals surface area contributed by atoms with E-state index in [1.54, 1.807) is 24.3 Å². The van der Waals surface area contributed by atoms with Crippen molar-refractivity contribution >= 4 is 34.9 Å². The first-order chi connectivity index (χ1) is 15.5. The Hall–Kier alpha value is -1.88. The molecule has 0 radical (unpaired) electrons. The minimum Gasteiger partial charge on any atom is -0.463 e. The van der Waals surface area contributed by atoms with E-state index in [1.807, 2.05) is 0 Å². The average Bonchev–Trinajstić information content (AvgIpc) is 2.80. The monoisotopic (exact) mass is 465 g/mol.